The summed E-state index contributed by atoms with van der Waals surface area (Å²) in [6.07, 6.45) is 11.2. The van der Waals surface area contributed by atoms with Crippen LogP contribution in [0, 0.1) is 12.7 Å². The van der Waals surface area contributed by atoms with E-state index in [2.05, 4.69) is 55.1 Å². The van der Waals surface area contributed by atoms with E-state index >= 15 is 0 Å². The molecule has 3 aromatic heterocycles. The molecule has 0 saturated carbocycles. The Labute approximate surface area is 199 Å². The minimum absolute atomic E-state index is 0.206. The Balaban J connectivity index is 1.59. The molecular weight excluding hydrogens is 429 g/mol. The number of hydrogen-bond acceptors (Lipinski definition) is 6. The van der Waals surface area contributed by atoms with Crippen molar-refractivity contribution in [2.45, 2.75) is 53.1 Å². The second kappa shape index (κ2) is 10.3. The van der Waals surface area contributed by atoms with Crippen molar-refractivity contribution in [3.63, 3.8) is 0 Å². The number of aromatic nitrogens is 5. The van der Waals surface area contributed by atoms with Crippen LogP contribution in [0.15, 0.2) is 30.7 Å². The first kappa shape index (κ1) is 23.8. The number of aryl methyl sites for hydroxylation is 1. The number of hydrogen-bond donors (Lipinski definition) is 1. The van der Waals surface area contributed by atoms with Gasteiger partial charge in [0.15, 0.2) is 0 Å². The van der Waals surface area contributed by atoms with E-state index in [1.54, 1.807) is 6.07 Å². The second-order valence-corrected chi connectivity index (χ2v) is 8.92. The first-order chi connectivity index (χ1) is 16.4. The van der Waals surface area contributed by atoms with Crippen LogP contribution in [0.5, 0.6) is 0 Å². The maximum absolute atomic E-state index is 14.8. The van der Waals surface area contributed by atoms with Crippen molar-refractivity contribution in [1.82, 2.24) is 29.4 Å². The van der Waals surface area contributed by atoms with Crippen LogP contribution in [0.4, 0.5) is 16.2 Å². The lowest BCUT2D eigenvalue weighted by atomic mass is 10.1. The van der Waals surface area contributed by atoms with Crippen LogP contribution in [0.1, 0.15) is 56.6 Å². The van der Waals surface area contributed by atoms with E-state index < -0.39 is 5.82 Å². The number of rotatable bonds is 7. The van der Waals surface area contributed by atoms with Gasteiger partial charge in [0.25, 0.3) is 0 Å². The monoisotopic (exact) mass is 461 g/mol. The number of likely N-dealkylation sites (tertiary alicyclic amines) is 1. The molecule has 4 heterocycles. The normalized spacial score (nSPS) is 15.5. The third kappa shape index (κ3) is 5.22. The fraction of sp³-hybridized carbons (Fsp3) is 0.385. The van der Waals surface area contributed by atoms with Gasteiger partial charge in [-0.1, -0.05) is 12.7 Å². The fourth-order valence-electron chi connectivity index (χ4n) is 4.43. The van der Waals surface area contributed by atoms with E-state index in [4.69, 9.17) is 0 Å². The number of anilines is 2. The molecule has 4 rings (SSSR count). The molecule has 0 radical (unpaired) electrons. The Kier molecular flexibility index (Phi) is 7.17. The number of imidazole rings is 1. The molecule has 0 aromatic carbocycles. The highest BCUT2D eigenvalue weighted by Gasteiger charge is 2.14. The molecule has 0 unspecified atom stereocenters. The molecule has 0 bridgehead atoms. The van der Waals surface area contributed by atoms with Crippen molar-refractivity contribution >= 4 is 30.0 Å². The van der Waals surface area contributed by atoms with Gasteiger partial charge in [-0.05, 0) is 71.3 Å². The molecular formula is C26H32FN7. The zero-order chi connectivity index (χ0) is 24.2. The van der Waals surface area contributed by atoms with Crippen LogP contribution < -0.4 is 16.0 Å². The average Bonchev–Trinajstić information content (AvgIpc) is 3.41. The molecule has 0 atom stereocenters. The number of nitrogens with one attached hydrogen (secondary N) is 1. The van der Waals surface area contributed by atoms with E-state index in [0.29, 0.717) is 22.7 Å². The van der Waals surface area contributed by atoms with Gasteiger partial charge in [0, 0.05) is 36.1 Å². The van der Waals surface area contributed by atoms with Crippen molar-refractivity contribution in [2.24, 2.45) is 0 Å². The molecule has 34 heavy (non-hydrogen) atoms. The van der Waals surface area contributed by atoms with Gasteiger partial charge in [0.2, 0.25) is 5.95 Å². The summed E-state index contributed by atoms with van der Waals surface area (Å²) in [6, 6.07) is 1.88. The van der Waals surface area contributed by atoms with Gasteiger partial charge < -0.3 is 9.88 Å². The van der Waals surface area contributed by atoms with Crippen LogP contribution in [-0.4, -0.2) is 42.5 Å². The van der Waals surface area contributed by atoms with Gasteiger partial charge in [-0.25, -0.2) is 24.3 Å². The summed E-state index contributed by atoms with van der Waals surface area (Å²) in [7, 11) is 0. The van der Waals surface area contributed by atoms with Gasteiger partial charge in [-0.15, -0.1) is 0 Å². The Hall–Kier alpha value is -3.39. The van der Waals surface area contributed by atoms with Crippen molar-refractivity contribution in [3.05, 3.63) is 64.2 Å². The SMILES string of the molecule is C=c1nc(C)n(C(C)C)/c1=C/C(=C\C)c1cc(Nc2ncc(CN3CCCC3)cn2)ncc1F. The van der Waals surface area contributed by atoms with E-state index in [1.165, 1.54) is 19.0 Å². The van der Waals surface area contributed by atoms with Crippen LogP contribution in [0.25, 0.3) is 18.2 Å². The lowest BCUT2D eigenvalue weighted by Gasteiger charge is -2.14. The zero-order valence-corrected chi connectivity index (χ0v) is 20.3. The summed E-state index contributed by atoms with van der Waals surface area (Å²) in [5.41, 5.74) is 2.22. The Morgan fingerprint density at radius 3 is 2.53 bits per heavy atom. The quantitative estimate of drug-likeness (QED) is 0.578. The van der Waals surface area contributed by atoms with E-state index in [-0.39, 0.29) is 6.04 Å². The highest BCUT2D eigenvalue weighted by atomic mass is 19.1. The van der Waals surface area contributed by atoms with Gasteiger partial charge in [0.1, 0.15) is 17.5 Å². The third-order valence-corrected chi connectivity index (χ3v) is 6.04. The van der Waals surface area contributed by atoms with Gasteiger partial charge in [0.05, 0.1) is 16.9 Å². The first-order valence-corrected chi connectivity index (χ1v) is 11.7. The largest absolute Gasteiger partial charge is 0.326 e. The molecule has 1 N–H and O–H groups in total. The highest BCUT2D eigenvalue weighted by molar-refractivity contribution is 5.88. The van der Waals surface area contributed by atoms with E-state index in [1.807, 2.05) is 38.4 Å². The van der Waals surface area contributed by atoms with Crippen molar-refractivity contribution in [3.8, 4) is 0 Å². The smallest absolute Gasteiger partial charge is 0.228 e. The average molecular weight is 462 g/mol. The first-order valence-electron chi connectivity index (χ1n) is 11.7. The minimum atomic E-state index is -0.408. The predicted molar refractivity (Wildman–Crippen MR) is 134 cm³/mol. The summed E-state index contributed by atoms with van der Waals surface area (Å²) in [5.74, 6) is 1.37. The third-order valence-electron chi connectivity index (χ3n) is 6.04. The van der Waals surface area contributed by atoms with Crippen molar-refractivity contribution in [1.29, 1.82) is 0 Å². The molecule has 8 heteroatoms. The Morgan fingerprint density at radius 1 is 1.18 bits per heavy atom. The molecule has 1 fully saturated rings. The van der Waals surface area contributed by atoms with Crippen LogP contribution in [-0.2, 0) is 6.54 Å². The van der Waals surface area contributed by atoms with E-state index in [0.717, 1.165) is 41.9 Å². The molecule has 3 aromatic rings. The molecule has 0 aliphatic carbocycles. The molecule has 1 saturated heterocycles. The fourth-order valence-corrected chi connectivity index (χ4v) is 4.43. The molecule has 0 amide bonds. The highest BCUT2D eigenvalue weighted by Crippen LogP contribution is 2.23. The molecule has 7 nitrogen and oxygen atoms in total. The van der Waals surface area contributed by atoms with Crippen molar-refractivity contribution < 1.29 is 4.39 Å². The Bertz CT molecular complexity index is 1290. The molecule has 1 aliphatic rings. The lowest BCUT2D eigenvalue weighted by Crippen LogP contribution is -2.30. The number of pyridine rings is 1. The standard InChI is InChI=1S/C26H32FN7/c1-6-21(11-24-18(4)31-19(5)34(24)17(2)3)22-12-25(28-15-23(22)27)32-26-29-13-20(14-30-26)16-33-9-7-8-10-33/h6,11-15,17H,4,7-10,16H2,1-3,5H3,(H,28,29,30,32)/b21-6+,24-11+. The summed E-state index contributed by atoms with van der Waals surface area (Å²) in [6.45, 7) is 15.2. The summed E-state index contributed by atoms with van der Waals surface area (Å²) in [4.78, 5) is 19.9. The lowest BCUT2D eigenvalue weighted by molar-refractivity contribution is 0.330. The summed E-state index contributed by atoms with van der Waals surface area (Å²) < 4.78 is 16.9. The zero-order valence-electron chi connectivity index (χ0n) is 20.3. The Morgan fingerprint density at radius 2 is 1.88 bits per heavy atom. The minimum Gasteiger partial charge on any atom is -0.326 e. The molecule has 0 spiro atoms. The summed E-state index contributed by atoms with van der Waals surface area (Å²) in [5, 5.41) is 4.63. The molecule has 1 aliphatic heterocycles. The number of halogens is 1. The van der Waals surface area contributed by atoms with E-state index in [9.17, 15) is 4.39 Å². The van der Waals surface area contributed by atoms with Crippen LogP contribution >= 0.6 is 0 Å². The summed E-state index contributed by atoms with van der Waals surface area (Å²) >= 11 is 0. The van der Waals surface area contributed by atoms with Crippen LogP contribution in [0.3, 0.4) is 0 Å². The van der Waals surface area contributed by atoms with Gasteiger partial charge in [-0.3, -0.25) is 4.90 Å². The van der Waals surface area contributed by atoms with Gasteiger partial charge in [-0.2, -0.15) is 0 Å². The van der Waals surface area contributed by atoms with Crippen LogP contribution in [0.2, 0.25) is 0 Å². The molecule has 178 valence electrons. The number of nitrogens with zero attached hydrogens (tertiary/aromatic N) is 6. The number of allylic oxidation sites excluding steroid dienone is 2. The predicted octanol–water partition coefficient (Wildman–Crippen LogP) is 3.73. The second-order valence-electron chi connectivity index (χ2n) is 8.92. The van der Waals surface area contributed by atoms with Crippen molar-refractivity contribution in [2.75, 3.05) is 18.4 Å². The maximum Gasteiger partial charge on any atom is 0.228 e. The van der Waals surface area contributed by atoms with Gasteiger partial charge >= 0.3 is 0 Å². The maximum atomic E-state index is 14.8. The topological polar surface area (TPSA) is 71.8 Å².